The lowest BCUT2D eigenvalue weighted by Gasteiger charge is -2.21. The Bertz CT molecular complexity index is 887. The van der Waals surface area contributed by atoms with Gasteiger partial charge in [0.1, 0.15) is 11.3 Å². The van der Waals surface area contributed by atoms with Crippen molar-refractivity contribution in [1.29, 1.82) is 0 Å². The van der Waals surface area contributed by atoms with Gasteiger partial charge in [-0.3, -0.25) is 14.4 Å². The Labute approximate surface area is 183 Å². The second kappa shape index (κ2) is 11.6. The third kappa shape index (κ3) is 7.03. The van der Waals surface area contributed by atoms with Crippen LogP contribution >= 0.6 is 23.5 Å². The predicted octanol–water partition coefficient (Wildman–Crippen LogP) is 3.73. The van der Waals surface area contributed by atoms with E-state index in [1.54, 1.807) is 74.5 Å². The highest BCUT2D eigenvalue weighted by molar-refractivity contribution is 8.18. The number of thioether (sulfide) groups is 2. The lowest BCUT2D eigenvalue weighted by atomic mass is 10.0. The van der Waals surface area contributed by atoms with Crippen molar-refractivity contribution < 1.29 is 24.3 Å². The van der Waals surface area contributed by atoms with Gasteiger partial charge in [0.25, 0.3) is 0 Å². The second-order valence-electron chi connectivity index (χ2n) is 6.79. The van der Waals surface area contributed by atoms with E-state index in [0.29, 0.717) is 11.1 Å². The molecule has 0 fully saturated rings. The number of benzene rings is 2. The lowest BCUT2D eigenvalue weighted by Crippen LogP contribution is -2.48. The van der Waals surface area contributed by atoms with Gasteiger partial charge in [-0.15, -0.1) is 0 Å². The molecule has 2 aromatic rings. The number of rotatable bonds is 9. The zero-order chi connectivity index (χ0) is 22.1. The average Bonchev–Trinajstić information content (AvgIpc) is 2.75. The Morgan fingerprint density at radius 3 is 1.83 bits per heavy atom. The number of carbonyl (C=O) groups is 4. The lowest BCUT2D eigenvalue weighted by molar-refractivity contribution is -0.142. The largest absolute Gasteiger partial charge is 0.480 e. The number of hydrogen-bond acceptors (Lipinski definition) is 6. The van der Waals surface area contributed by atoms with Crippen molar-refractivity contribution in [2.24, 2.45) is 5.92 Å². The van der Waals surface area contributed by atoms with Crippen molar-refractivity contribution in [1.82, 2.24) is 5.32 Å². The van der Waals surface area contributed by atoms with Gasteiger partial charge in [-0.05, 0) is 5.92 Å². The minimum atomic E-state index is -1.15. The Morgan fingerprint density at radius 2 is 1.37 bits per heavy atom. The molecule has 0 bridgehead atoms. The van der Waals surface area contributed by atoms with Crippen LogP contribution in [0.25, 0.3) is 0 Å². The number of aliphatic carboxylic acids is 1. The summed E-state index contributed by atoms with van der Waals surface area (Å²) in [5.74, 6) is -2.03. The maximum atomic E-state index is 12.8. The first kappa shape index (κ1) is 23.7. The summed E-state index contributed by atoms with van der Waals surface area (Å²) < 4.78 is 0. The van der Waals surface area contributed by atoms with Gasteiger partial charge in [0.2, 0.25) is 16.1 Å². The van der Waals surface area contributed by atoms with Crippen LogP contribution in [0.4, 0.5) is 0 Å². The van der Waals surface area contributed by atoms with Gasteiger partial charge in [-0.25, -0.2) is 4.79 Å². The van der Waals surface area contributed by atoms with E-state index in [1.165, 1.54) is 0 Å². The van der Waals surface area contributed by atoms with Crippen LogP contribution in [0.3, 0.4) is 0 Å². The van der Waals surface area contributed by atoms with Gasteiger partial charge >= 0.3 is 5.97 Å². The van der Waals surface area contributed by atoms with E-state index < -0.39 is 23.2 Å². The first-order chi connectivity index (χ1) is 14.3. The maximum absolute atomic E-state index is 12.8. The Hall–Kier alpha value is -2.58. The summed E-state index contributed by atoms with van der Waals surface area (Å²) >= 11 is 1.72. The molecule has 1 unspecified atom stereocenters. The van der Waals surface area contributed by atoms with Crippen molar-refractivity contribution in [2.75, 3.05) is 5.75 Å². The second-order valence-corrected chi connectivity index (χ2v) is 8.96. The Kier molecular flexibility index (Phi) is 9.14. The predicted molar refractivity (Wildman–Crippen MR) is 120 cm³/mol. The normalized spacial score (nSPS) is 12.8. The zero-order valence-electron chi connectivity index (χ0n) is 16.6. The van der Waals surface area contributed by atoms with Crippen molar-refractivity contribution in [2.45, 2.75) is 25.1 Å². The molecule has 158 valence electrons. The summed E-state index contributed by atoms with van der Waals surface area (Å²) in [6, 6.07) is 16.0. The molecular weight excluding hydrogens is 422 g/mol. The van der Waals surface area contributed by atoms with E-state index in [2.05, 4.69) is 5.32 Å². The quantitative estimate of drug-likeness (QED) is 0.606. The fourth-order valence-corrected chi connectivity index (χ4v) is 4.44. The molecular formula is C22H23NO5S2. The fraction of sp³-hybridized carbons (Fsp3) is 0.273. The van der Waals surface area contributed by atoms with Crippen LogP contribution in [0.15, 0.2) is 60.7 Å². The summed E-state index contributed by atoms with van der Waals surface area (Å²) in [6.45, 7) is 3.37. The van der Waals surface area contributed by atoms with E-state index in [4.69, 9.17) is 0 Å². The summed E-state index contributed by atoms with van der Waals surface area (Å²) in [4.78, 5) is 49.3. The van der Waals surface area contributed by atoms with Crippen LogP contribution in [0, 0.1) is 5.92 Å². The van der Waals surface area contributed by atoms with Crippen molar-refractivity contribution in [3.63, 3.8) is 0 Å². The molecule has 0 heterocycles. The van der Waals surface area contributed by atoms with E-state index in [1.807, 2.05) is 0 Å². The Morgan fingerprint density at radius 1 is 0.867 bits per heavy atom. The molecule has 2 atom stereocenters. The Balaban J connectivity index is 2.14. The molecule has 2 aromatic carbocycles. The first-order valence-corrected chi connectivity index (χ1v) is 11.2. The van der Waals surface area contributed by atoms with E-state index >= 15 is 0 Å². The molecule has 8 heteroatoms. The maximum Gasteiger partial charge on any atom is 0.326 e. The fourth-order valence-electron chi connectivity index (χ4n) is 2.50. The molecule has 6 nitrogen and oxygen atoms in total. The highest BCUT2D eigenvalue weighted by Crippen LogP contribution is 2.24. The molecule has 1 amide bonds. The van der Waals surface area contributed by atoms with Crippen LogP contribution in [0.1, 0.15) is 34.6 Å². The van der Waals surface area contributed by atoms with Gasteiger partial charge in [-0.2, -0.15) is 0 Å². The van der Waals surface area contributed by atoms with Crippen molar-refractivity contribution in [3.05, 3.63) is 71.8 Å². The molecule has 0 aliphatic rings. The molecule has 30 heavy (non-hydrogen) atoms. The van der Waals surface area contributed by atoms with E-state index in [-0.39, 0.29) is 21.9 Å². The highest BCUT2D eigenvalue weighted by Gasteiger charge is 2.30. The molecule has 0 spiro atoms. The molecule has 0 aromatic heterocycles. The summed E-state index contributed by atoms with van der Waals surface area (Å²) in [5.41, 5.74) is 0.921. The first-order valence-electron chi connectivity index (χ1n) is 9.31. The van der Waals surface area contributed by atoms with E-state index in [0.717, 1.165) is 23.5 Å². The number of amides is 1. The topological polar surface area (TPSA) is 101 Å². The van der Waals surface area contributed by atoms with Crippen molar-refractivity contribution in [3.8, 4) is 0 Å². The van der Waals surface area contributed by atoms with Gasteiger partial charge in [0, 0.05) is 16.9 Å². The smallest absolute Gasteiger partial charge is 0.326 e. The third-order valence-corrected chi connectivity index (χ3v) is 6.48. The standard InChI is InChI=1S/C22H23NO5S2/c1-14(2)18(20(25)26)23-19(24)17(30-22(28)16-11-7-4-8-12-16)13-29-21(27)15-9-5-3-6-10-15/h3-12,14,17-18H,13H2,1-2H3,(H,23,24)(H,25,26)/t17?,18-/m0/s1. The molecule has 2 N–H and O–H groups in total. The van der Waals surface area contributed by atoms with Crippen LogP contribution in [-0.2, 0) is 9.59 Å². The van der Waals surface area contributed by atoms with Crippen LogP contribution in [0.2, 0.25) is 0 Å². The SMILES string of the molecule is CC(C)[C@H](NC(=O)C(CSC(=O)c1ccccc1)SC(=O)c1ccccc1)C(=O)O. The number of carboxylic acids is 1. The molecule has 2 rings (SSSR count). The highest BCUT2D eigenvalue weighted by atomic mass is 32.2. The number of carboxylic acid groups (broad SMARTS) is 1. The molecule has 0 saturated carbocycles. The van der Waals surface area contributed by atoms with E-state index in [9.17, 15) is 24.3 Å². The zero-order valence-corrected chi connectivity index (χ0v) is 18.2. The third-order valence-electron chi connectivity index (χ3n) is 4.16. The van der Waals surface area contributed by atoms with Gasteiger partial charge in [0.05, 0.1) is 0 Å². The molecule has 0 aliphatic heterocycles. The van der Waals surface area contributed by atoms with Crippen molar-refractivity contribution >= 4 is 45.6 Å². The number of carbonyl (C=O) groups excluding carboxylic acids is 3. The monoisotopic (exact) mass is 445 g/mol. The molecule has 0 saturated heterocycles. The summed E-state index contributed by atoms with van der Waals surface area (Å²) in [6.07, 6.45) is 0. The van der Waals surface area contributed by atoms with Crippen LogP contribution < -0.4 is 5.32 Å². The van der Waals surface area contributed by atoms with Gasteiger partial charge in [-0.1, -0.05) is 98.0 Å². The van der Waals surface area contributed by atoms with Gasteiger partial charge < -0.3 is 10.4 Å². The minimum absolute atomic E-state index is 0.0350. The average molecular weight is 446 g/mol. The van der Waals surface area contributed by atoms with Crippen LogP contribution in [0.5, 0.6) is 0 Å². The van der Waals surface area contributed by atoms with Gasteiger partial charge in [0.15, 0.2) is 0 Å². The minimum Gasteiger partial charge on any atom is -0.480 e. The molecule has 0 radical (unpaired) electrons. The number of hydrogen-bond donors (Lipinski definition) is 2. The van der Waals surface area contributed by atoms with Crippen LogP contribution in [-0.4, -0.2) is 44.3 Å². The molecule has 0 aliphatic carbocycles. The number of nitrogens with one attached hydrogen (secondary N) is 1. The summed E-state index contributed by atoms with van der Waals surface area (Å²) in [7, 11) is 0. The summed E-state index contributed by atoms with van der Waals surface area (Å²) in [5, 5.41) is 10.4.